The molecule has 118 valence electrons. The van der Waals surface area contributed by atoms with E-state index in [-0.39, 0.29) is 5.91 Å². The lowest BCUT2D eigenvalue weighted by Crippen LogP contribution is -2.23. The van der Waals surface area contributed by atoms with Crippen molar-refractivity contribution in [3.8, 4) is 0 Å². The van der Waals surface area contributed by atoms with E-state index in [1.807, 2.05) is 6.92 Å². The molecule has 2 N–H and O–H groups in total. The minimum absolute atomic E-state index is 0.0267. The van der Waals surface area contributed by atoms with Crippen LogP contribution in [-0.4, -0.2) is 26.2 Å². The first-order valence-electron chi connectivity index (χ1n) is 7.80. The largest absolute Gasteiger partial charge is 0.352 e. The van der Waals surface area contributed by atoms with Crippen LogP contribution >= 0.6 is 0 Å². The number of aromatic amines is 1. The first-order chi connectivity index (χ1) is 10.7. The lowest BCUT2D eigenvalue weighted by molar-refractivity contribution is -0.121. The van der Waals surface area contributed by atoms with Crippen LogP contribution in [0.3, 0.4) is 0 Å². The second-order valence-electron chi connectivity index (χ2n) is 5.82. The Morgan fingerprint density at radius 2 is 2.27 bits per heavy atom. The summed E-state index contributed by atoms with van der Waals surface area (Å²) >= 11 is 0. The molecule has 0 radical (unpaired) electrons. The van der Waals surface area contributed by atoms with E-state index in [1.165, 1.54) is 12.8 Å². The van der Waals surface area contributed by atoms with Gasteiger partial charge < -0.3 is 9.84 Å². The van der Waals surface area contributed by atoms with Gasteiger partial charge in [0, 0.05) is 36.6 Å². The Bertz CT molecular complexity index is 627. The van der Waals surface area contributed by atoms with Crippen molar-refractivity contribution in [1.29, 1.82) is 0 Å². The van der Waals surface area contributed by atoms with E-state index >= 15 is 0 Å². The minimum Gasteiger partial charge on any atom is -0.352 e. The normalized spacial score (nSPS) is 15.3. The fraction of sp³-hybridized carbons (Fsp3) is 0.600. The van der Waals surface area contributed by atoms with Gasteiger partial charge in [0.25, 0.3) is 0 Å². The van der Waals surface area contributed by atoms with Crippen LogP contribution < -0.4 is 5.32 Å². The molecular weight excluding hydrogens is 282 g/mol. The number of nitrogens with zero attached hydrogens (tertiary/aromatic N) is 3. The number of hydrogen-bond donors (Lipinski definition) is 2. The quantitative estimate of drug-likeness (QED) is 0.851. The predicted molar refractivity (Wildman–Crippen MR) is 79.0 cm³/mol. The van der Waals surface area contributed by atoms with Gasteiger partial charge in [-0.1, -0.05) is 18.0 Å². The number of H-pyrrole nitrogens is 1. The van der Waals surface area contributed by atoms with Crippen LogP contribution in [0.5, 0.6) is 0 Å². The molecule has 1 aliphatic carbocycles. The smallest absolute Gasteiger partial charge is 0.227 e. The molecule has 7 heteroatoms. The number of hydrogen-bond acceptors (Lipinski definition) is 5. The molecule has 7 nitrogen and oxygen atoms in total. The molecule has 1 saturated carbocycles. The van der Waals surface area contributed by atoms with Gasteiger partial charge in [-0.3, -0.25) is 9.89 Å². The van der Waals surface area contributed by atoms with Gasteiger partial charge in [-0.15, -0.1) is 0 Å². The summed E-state index contributed by atoms with van der Waals surface area (Å²) in [6.45, 7) is 2.41. The van der Waals surface area contributed by atoms with Crippen molar-refractivity contribution >= 4 is 5.91 Å². The fourth-order valence-electron chi connectivity index (χ4n) is 2.78. The minimum atomic E-state index is -0.0267. The molecule has 1 fully saturated rings. The molecule has 22 heavy (non-hydrogen) atoms. The van der Waals surface area contributed by atoms with Crippen LogP contribution in [0.2, 0.25) is 0 Å². The monoisotopic (exact) mass is 303 g/mol. The van der Waals surface area contributed by atoms with Crippen molar-refractivity contribution in [1.82, 2.24) is 25.7 Å². The van der Waals surface area contributed by atoms with Crippen LogP contribution in [0, 0.1) is 6.92 Å². The fourth-order valence-corrected chi connectivity index (χ4v) is 2.78. The van der Waals surface area contributed by atoms with E-state index in [0.29, 0.717) is 31.2 Å². The zero-order valence-corrected chi connectivity index (χ0v) is 12.8. The van der Waals surface area contributed by atoms with Crippen molar-refractivity contribution in [2.24, 2.45) is 0 Å². The lowest BCUT2D eigenvalue weighted by Gasteiger charge is -2.03. The highest BCUT2D eigenvalue weighted by Gasteiger charge is 2.22. The molecule has 2 aromatic rings. The highest BCUT2D eigenvalue weighted by Crippen LogP contribution is 2.32. The van der Waals surface area contributed by atoms with Gasteiger partial charge in [-0.25, -0.2) is 0 Å². The van der Waals surface area contributed by atoms with Gasteiger partial charge in [-0.05, 0) is 19.8 Å². The molecule has 2 aromatic heterocycles. The van der Waals surface area contributed by atoms with Crippen molar-refractivity contribution < 1.29 is 9.32 Å². The Hall–Kier alpha value is -2.18. The number of nitrogens with one attached hydrogen (secondary N) is 2. The SMILES string of the molecule is Cc1[nH]ncc1CNC(=O)CCc1nc(C2CCCC2)no1. The van der Waals surface area contributed by atoms with E-state index in [1.54, 1.807) is 6.20 Å². The molecule has 0 aromatic carbocycles. The van der Waals surface area contributed by atoms with E-state index in [4.69, 9.17) is 4.52 Å². The van der Waals surface area contributed by atoms with Crippen molar-refractivity contribution in [2.45, 2.75) is 57.9 Å². The standard InChI is InChI=1S/C15H21N5O2/c1-10-12(9-17-19-10)8-16-13(21)6-7-14-18-15(20-22-14)11-4-2-3-5-11/h9,11H,2-8H2,1H3,(H,16,21)(H,17,19). The zero-order valence-electron chi connectivity index (χ0n) is 12.8. The highest BCUT2D eigenvalue weighted by molar-refractivity contribution is 5.76. The summed E-state index contributed by atoms with van der Waals surface area (Å²) in [7, 11) is 0. The molecule has 0 saturated heterocycles. The molecule has 0 spiro atoms. The zero-order chi connectivity index (χ0) is 15.4. The molecule has 2 heterocycles. The third-order valence-electron chi connectivity index (χ3n) is 4.18. The number of carbonyl (C=O) groups excluding carboxylic acids is 1. The first-order valence-corrected chi connectivity index (χ1v) is 7.80. The molecule has 0 unspecified atom stereocenters. The molecule has 0 bridgehead atoms. The van der Waals surface area contributed by atoms with Crippen LogP contribution in [-0.2, 0) is 17.8 Å². The molecule has 0 atom stereocenters. The van der Waals surface area contributed by atoms with Crippen LogP contribution in [0.15, 0.2) is 10.7 Å². The second-order valence-corrected chi connectivity index (χ2v) is 5.82. The van der Waals surface area contributed by atoms with Crippen molar-refractivity contribution in [3.05, 3.63) is 29.2 Å². The van der Waals surface area contributed by atoms with Crippen molar-refractivity contribution in [2.75, 3.05) is 0 Å². The molecular formula is C15H21N5O2. The predicted octanol–water partition coefficient (Wildman–Crippen LogP) is 2.01. The Kier molecular flexibility index (Phi) is 4.50. The number of rotatable bonds is 6. The lowest BCUT2D eigenvalue weighted by atomic mass is 10.1. The van der Waals surface area contributed by atoms with Gasteiger partial charge in [0.1, 0.15) is 0 Å². The maximum Gasteiger partial charge on any atom is 0.227 e. The van der Waals surface area contributed by atoms with E-state index in [9.17, 15) is 4.79 Å². The first kappa shape index (κ1) is 14.7. The van der Waals surface area contributed by atoms with Crippen LogP contribution in [0.25, 0.3) is 0 Å². The number of aryl methyl sites for hydroxylation is 2. The van der Waals surface area contributed by atoms with Gasteiger partial charge >= 0.3 is 0 Å². The molecule has 1 aliphatic rings. The second kappa shape index (κ2) is 6.72. The van der Waals surface area contributed by atoms with E-state index in [2.05, 4.69) is 25.7 Å². The van der Waals surface area contributed by atoms with E-state index < -0.39 is 0 Å². The van der Waals surface area contributed by atoms with Gasteiger partial charge in [0.05, 0.1) is 6.20 Å². The number of aromatic nitrogens is 4. The summed E-state index contributed by atoms with van der Waals surface area (Å²) in [6.07, 6.45) is 7.32. The molecule has 1 amide bonds. The molecule has 3 rings (SSSR count). The average molecular weight is 303 g/mol. The van der Waals surface area contributed by atoms with Crippen LogP contribution in [0.1, 0.15) is 61.0 Å². The Labute approximate surface area is 128 Å². The highest BCUT2D eigenvalue weighted by atomic mass is 16.5. The number of carbonyl (C=O) groups is 1. The summed E-state index contributed by atoms with van der Waals surface area (Å²) in [5.74, 6) is 1.77. The Morgan fingerprint density at radius 1 is 1.45 bits per heavy atom. The number of amides is 1. The maximum absolute atomic E-state index is 11.9. The van der Waals surface area contributed by atoms with Gasteiger partial charge in [-0.2, -0.15) is 10.1 Å². The topological polar surface area (TPSA) is 96.7 Å². The van der Waals surface area contributed by atoms with Crippen molar-refractivity contribution in [3.63, 3.8) is 0 Å². The third-order valence-corrected chi connectivity index (χ3v) is 4.18. The third kappa shape index (κ3) is 3.52. The summed E-state index contributed by atoms with van der Waals surface area (Å²) in [5, 5.41) is 13.7. The van der Waals surface area contributed by atoms with E-state index in [0.717, 1.165) is 29.9 Å². The summed E-state index contributed by atoms with van der Waals surface area (Å²) in [5.41, 5.74) is 1.97. The average Bonchev–Trinajstić information content (AvgIpc) is 3.24. The Morgan fingerprint density at radius 3 is 3.00 bits per heavy atom. The van der Waals surface area contributed by atoms with Gasteiger partial charge in [0.15, 0.2) is 5.82 Å². The van der Waals surface area contributed by atoms with Crippen LogP contribution in [0.4, 0.5) is 0 Å². The summed E-state index contributed by atoms with van der Waals surface area (Å²) in [6, 6.07) is 0. The van der Waals surface area contributed by atoms with Gasteiger partial charge in [0.2, 0.25) is 11.8 Å². The summed E-state index contributed by atoms with van der Waals surface area (Å²) < 4.78 is 5.24. The Balaban J connectivity index is 1.44. The molecule has 0 aliphatic heterocycles. The maximum atomic E-state index is 11.9. The summed E-state index contributed by atoms with van der Waals surface area (Å²) in [4.78, 5) is 16.3.